The van der Waals surface area contributed by atoms with Crippen molar-refractivity contribution >= 4 is 11.4 Å². The van der Waals surface area contributed by atoms with E-state index in [0.29, 0.717) is 6.54 Å². The number of anilines is 2. The summed E-state index contributed by atoms with van der Waals surface area (Å²) < 4.78 is 13.1. The van der Waals surface area contributed by atoms with E-state index in [1.165, 1.54) is 6.07 Å². The molecule has 0 saturated carbocycles. The molecule has 0 amide bonds. The lowest BCUT2D eigenvalue weighted by molar-refractivity contribution is 0.625. The van der Waals surface area contributed by atoms with Gasteiger partial charge in [-0.3, -0.25) is 0 Å². The lowest BCUT2D eigenvalue weighted by Gasteiger charge is -2.18. The monoisotopic (exact) mass is 258 g/mol. The summed E-state index contributed by atoms with van der Waals surface area (Å²) in [7, 11) is 4.04. The first kappa shape index (κ1) is 13.4. The van der Waals surface area contributed by atoms with Gasteiger partial charge in [-0.05, 0) is 42.3 Å². The first-order chi connectivity index (χ1) is 9.08. The third-order valence-corrected chi connectivity index (χ3v) is 3.16. The first-order valence-corrected chi connectivity index (χ1v) is 6.33. The first-order valence-electron chi connectivity index (χ1n) is 6.33. The van der Waals surface area contributed by atoms with Crippen molar-refractivity contribution in [2.24, 2.45) is 0 Å². The minimum absolute atomic E-state index is 0.185. The molecule has 2 aromatic rings. The van der Waals surface area contributed by atoms with E-state index in [-0.39, 0.29) is 5.82 Å². The Morgan fingerprint density at radius 1 is 1.11 bits per heavy atom. The van der Waals surface area contributed by atoms with Crippen LogP contribution < -0.4 is 10.2 Å². The molecule has 1 N–H and O–H groups in total. The summed E-state index contributed by atoms with van der Waals surface area (Å²) in [4.78, 5) is 2.07. The van der Waals surface area contributed by atoms with E-state index in [1.807, 2.05) is 45.3 Å². The fraction of sp³-hybridized carbons (Fsp3) is 0.250. The molecule has 2 aromatic carbocycles. The van der Waals surface area contributed by atoms with E-state index in [4.69, 9.17) is 0 Å². The normalized spacial score (nSPS) is 10.3. The molecule has 0 fully saturated rings. The fourth-order valence-electron chi connectivity index (χ4n) is 2.06. The summed E-state index contributed by atoms with van der Waals surface area (Å²) in [5.74, 6) is -0.185. The molecule has 0 unspecified atom stereocenters. The molecule has 2 nitrogen and oxygen atoms in total. The van der Waals surface area contributed by atoms with Crippen molar-refractivity contribution in [3.05, 3.63) is 59.4 Å². The zero-order chi connectivity index (χ0) is 13.8. The number of hydrogen-bond donors (Lipinski definition) is 1. The van der Waals surface area contributed by atoms with Gasteiger partial charge in [0.25, 0.3) is 0 Å². The second kappa shape index (κ2) is 5.74. The van der Waals surface area contributed by atoms with E-state index >= 15 is 0 Å². The average molecular weight is 258 g/mol. The SMILES string of the molecule is Cc1cc(F)ccc1CNc1ccccc1N(C)C. The minimum atomic E-state index is -0.185. The molecule has 0 aliphatic carbocycles. The topological polar surface area (TPSA) is 15.3 Å². The van der Waals surface area contributed by atoms with Gasteiger partial charge in [0.1, 0.15) is 5.82 Å². The molecule has 3 heteroatoms. The zero-order valence-corrected chi connectivity index (χ0v) is 11.6. The number of nitrogens with zero attached hydrogens (tertiary/aromatic N) is 1. The van der Waals surface area contributed by atoms with Crippen LogP contribution in [0, 0.1) is 12.7 Å². The average Bonchev–Trinajstić information content (AvgIpc) is 2.38. The standard InChI is InChI=1S/C16H19FN2/c1-12-10-14(17)9-8-13(12)11-18-15-6-4-5-7-16(15)19(2)3/h4-10,18H,11H2,1-3H3. The number of rotatable bonds is 4. The van der Waals surface area contributed by atoms with Gasteiger partial charge in [-0.15, -0.1) is 0 Å². The molecule has 0 spiro atoms. The van der Waals surface area contributed by atoms with Crippen LogP contribution in [0.25, 0.3) is 0 Å². The summed E-state index contributed by atoms with van der Waals surface area (Å²) in [5, 5.41) is 3.41. The molecular weight excluding hydrogens is 239 g/mol. The van der Waals surface area contributed by atoms with E-state index in [9.17, 15) is 4.39 Å². The summed E-state index contributed by atoms with van der Waals surface area (Å²) in [5.41, 5.74) is 4.29. The number of nitrogens with one attached hydrogen (secondary N) is 1. The van der Waals surface area contributed by atoms with Crippen LogP contribution in [0.15, 0.2) is 42.5 Å². The maximum Gasteiger partial charge on any atom is 0.123 e. The number of hydrogen-bond acceptors (Lipinski definition) is 2. The smallest absolute Gasteiger partial charge is 0.123 e. The van der Waals surface area contributed by atoms with Gasteiger partial charge in [0, 0.05) is 20.6 Å². The van der Waals surface area contributed by atoms with Crippen molar-refractivity contribution in [2.45, 2.75) is 13.5 Å². The Morgan fingerprint density at radius 3 is 2.53 bits per heavy atom. The second-order valence-electron chi connectivity index (χ2n) is 4.84. The Bertz CT molecular complexity index is 564. The third kappa shape index (κ3) is 3.25. The van der Waals surface area contributed by atoms with Crippen molar-refractivity contribution in [3.8, 4) is 0 Å². The van der Waals surface area contributed by atoms with Crippen LogP contribution in [0.1, 0.15) is 11.1 Å². The Morgan fingerprint density at radius 2 is 1.84 bits per heavy atom. The molecule has 0 radical (unpaired) electrons. The Labute approximate surface area is 113 Å². The largest absolute Gasteiger partial charge is 0.379 e. The lowest BCUT2D eigenvalue weighted by Crippen LogP contribution is -2.12. The van der Waals surface area contributed by atoms with Crippen molar-refractivity contribution in [2.75, 3.05) is 24.3 Å². The van der Waals surface area contributed by atoms with E-state index in [2.05, 4.69) is 16.3 Å². The Kier molecular flexibility index (Phi) is 4.05. The van der Waals surface area contributed by atoms with Crippen LogP contribution in [0.4, 0.5) is 15.8 Å². The number of aryl methyl sites for hydroxylation is 1. The maximum absolute atomic E-state index is 13.1. The van der Waals surface area contributed by atoms with Gasteiger partial charge >= 0.3 is 0 Å². The van der Waals surface area contributed by atoms with Gasteiger partial charge in [-0.25, -0.2) is 4.39 Å². The van der Waals surface area contributed by atoms with Crippen LogP contribution >= 0.6 is 0 Å². The van der Waals surface area contributed by atoms with Crippen LogP contribution in [-0.2, 0) is 6.54 Å². The maximum atomic E-state index is 13.1. The summed E-state index contributed by atoms with van der Waals surface area (Å²) in [6, 6.07) is 13.0. The predicted octanol–water partition coefficient (Wildman–Crippen LogP) is 3.81. The molecule has 0 aromatic heterocycles. The second-order valence-corrected chi connectivity index (χ2v) is 4.84. The van der Waals surface area contributed by atoms with Gasteiger partial charge in [-0.2, -0.15) is 0 Å². The highest BCUT2D eigenvalue weighted by Gasteiger charge is 2.04. The van der Waals surface area contributed by atoms with E-state index in [1.54, 1.807) is 6.07 Å². The summed E-state index contributed by atoms with van der Waals surface area (Å²) in [6.07, 6.45) is 0. The highest BCUT2D eigenvalue weighted by molar-refractivity contribution is 5.69. The number of para-hydroxylation sites is 2. The molecule has 0 saturated heterocycles. The van der Waals surface area contributed by atoms with Gasteiger partial charge in [0.15, 0.2) is 0 Å². The molecular formula is C16H19FN2. The van der Waals surface area contributed by atoms with Crippen molar-refractivity contribution in [1.29, 1.82) is 0 Å². The van der Waals surface area contributed by atoms with Crippen LogP contribution in [0.5, 0.6) is 0 Å². The van der Waals surface area contributed by atoms with Crippen LogP contribution in [-0.4, -0.2) is 14.1 Å². The van der Waals surface area contributed by atoms with Gasteiger partial charge < -0.3 is 10.2 Å². The van der Waals surface area contributed by atoms with Gasteiger partial charge in [0.05, 0.1) is 11.4 Å². The number of benzene rings is 2. The Balaban J connectivity index is 2.14. The van der Waals surface area contributed by atoms with Crippen LogP contribution in [0.2, 0.25) is 0 Å². The molecule has 2 rings (SSSR count). The van der Waals surface area contributed by atoms with Crippen molar-refractivity contribution in [1.82, 2.24) is 0 Å². The molecule has 19 heavy (non-hydrogen) atoms. The zero-order valence-electron chi connectivity index (χ0n) is 11.6. The number of halogens is 1. The Hall–Kier alpha value is -2.03. The quantitative estimate of drug-likeness (QED) is 0.897. The van der Waals surface area contributed by atoms with Crippen LogP contribution in [0.3, 0.4) is 0 Å². The minimum Gasteiger partial charge on any atom is -0.379 e. The van der Waals surface area contributed by atoms with Crippen molar-refractivity contribution in [3.63, 3.8) is 0 Å². The predicted molar refractivity (Wildman–Crippen MR) is 79.2 cm³/mol. The highest BCUT2D eigenvalue weighted by Crippen LogP contribution is 2.24. The summed E-state index contributed by atoms with van der Waals surface area (Å²) >= 11 is 0. The van der Waals surface area contributed by atoms with E-state index < -0.39 is 0 Å². The highest BCUT2D eigenvalue weighted by atomic mass is 19.1. The van der Waals surface area contributed by atoms with Crippen molar-refractivity contribution < 1.29 is 4.39 Å². The van der Waals surface area contributed by atoms with E-state index in [0.717, 1.165) is 22.5 Å². The third-order valence-electron chi connectivity index (χ3n) is 3.16. The molecule has 0 atom stereocenters. The fourth-order valence-corrected chi connectivity index (χ4v) is 2.06. The molecule has 0 heterocycles. The lowest BCUT2D eigenvalue weighted by atomic mass is 10.1. The molecule has 0 bridgehead atoms. The van der Waals surface area contributed by atoms with Gasteiger partial charge in [-0.1, -0.05) is 18.2 Å². The molecule has 0 aliphatic rings. The molecule has 0 aliphatic heterocycles. The summed E-state index contributed by atoms with van der Waals surface area (Å²) in [6.45, 7) is 2.62. The molecule has 100 valence electrons. The van der Waals surface area contributed by atoms with Gasteiger partial charge in [0.2, 0.25) is 0 Å².